The van der Waals surface area contributed by atoms with Gasteiger partial charge in [0.2, 0.25) is 0 Å². The number of aromatic nitrogens is 2. The number of anilines is 2. The molecule has 0 spiro atoms. The van der Waals surface area contributed by atoms with Gasteiger partial charge < -0.3 is 15.6 Å². The molecule has 3 rings (SSSR count). The monoisotopic (exact) mass is 216 g/mol. The fourth-order valence-corrected chi connectivity index (χ4v) is 2.45. The molecule has 2 heterocycles. The first-order valence-corrected chi connectivity index (χ1v) is 5.76. The number of nitrogens with zero attached hydrogens (tertiary/aromatic N) is 2. The summed E-state index contributed by atoms with van der Waals surface area (Å²) in [6.07, 6.45) is 3.58. The highest BCUT2D eigenvalue weighted by Crippen LogP contribution is 2.28. The van der Waals surface area contributed by atoms with Crippen LogP contribution >= 0.6 is 0 Å². The van der Waals surface area contributed by atoms with Gasteiger partial charge in [-0.2, -0.15) is 0 Å². The zero-order valence-electron chi connectivity index (χ0n) is 9.45. The summed E-state index contributed by atoms with van der Waals surface area (Å²) in [5.41, 5.74) is 9.92. The lowest BCUT2D eigenvalue weighted by molar-refractivity contribution is 0.533. The van der Waals surface area contributed by atoms with Crippen LogP contribution in [0.25, 0.3) is 11.0 Å². The SMILES string of the molecule is CNc1cc2c(cc1N)nc1n2CCCC1. The Morgan fingerprint density at radius 1 is 1.38 bits per heavy atom. The van der Waals surface area contributed by atoms with Crippen LogP contribution in [0.2, 0.25) is 0 Å². The average Bonchev–Trinajstić information content (AvgIpc) is 2.65. The van der Waals surface area contributed by atoms with Crippen LogP contribution in [-0.4, -0.2) is 16.6 Å². The highest BCUT2D eigenvalue weighted by molar-refractivity contribution is 5.87. The van der Waals surface area contributed by atoms with Crippen molar-refractivity contribution in [3.05, 3.63) is 18.0 Å². The topological polar surface area (TPSA) is 55.9 Å². The fourth-order valence-electron chi connectivity index (χ4n) is 2.45. The van der Waals surface area contributed by atoms with Gasteiger partial charge in [-0.15, -0.1) is 0 Å². The molecule has 84 valence electrons. The average molecular weight is 216 g/mol. The van der Waals surface area contributed by atoms with E-state index >= 15 is 0 Å². The van der Waals surface area contributed by atoms with Crippen molar-refractivity contribution in [1.29, 1.82) is 0 Å². The van der Waals surface area contributed by atoms with Crippen molar-refractivity contribution >= 4 is 22.4 Å². The quantitative estimate of drug-likeness (QED) is 0.717. The normalized spacial score (nSPS) is 15.1. The second-order valence-electron chi connectivity index (χ2n) is 4.31. The molecule has 1 aliphatic rings. The Morgan fingerprint density at radius 3 is 3.06 bits per heavy atom. The molecular formula is C12H16N4. The summed E-state index contributed by atoms with van der Waals surface area (Å²) >= 11 is 0. The number of hydrogen-bond donors (Lipinski definition) is 2. The summed E-state index contributed by atoms with van der Waals surface area (Å²) in [6.45, 7) is 1.08. The molecule has 4 nitrogen and oxygen atoms in total. The van der Waals surface area contributed by atoms with E-state index in [0.29, 0.717) is 0 Å². The molecule has 0 radical (unpaired) electrons. The van der Waals surface area contributed by atoms with Gasteiger partial charge in [0.15, 0.2) is 0 Å². The summed E-state index contributed by atoms with van der Waals surface area (Å²) in [5, 5.41) is 3.12. The van der Waals surface area contributed by atoms with Crippen molar-refractivity contribution in [3.63, 3.8) is 0 Å². The van der Waals surface area contributed by atoms with E-state index in [4.69, 9.17) is 5.73 Å². The van der Waals surface area contributed by atoms with E-state index in [0.717, 1.165) is 29.9 Å². The third-order valence-corrected chi connectivity index (χ3v) is 3.30. The number of nitrogen functional groups attached to an aromatic ring is 1. The van der Waals surface area contributed by atoms with Gasteiger partial charge in [-0.05, 0) is 25.0 Å². The third kappa shape index (κ3) is 1.26. The third-order valence-electron chi connectivity index (χ3n) is 3.30. The van der Waals surface area contributed by atoms with E-state index in [1.807, 2.05) is 13.1 Å². The molecular weight excluding hydrogens is 200 g/mol. The van der Waals surface area contributed by atoms with E-state index < -0.39 is 0 Å². The Kier molecular flexibility index (Phi) is 2.02. The van der Waals surface area contributed by atoms with Gasteiger partial charge in [-0.1, -0.05) is 0 Å². The summed E-state index contributed by atoms with van der Waals surface area (Å²) in [7, 11) is 1.89. The largest absolute Gasteiger partial charge is 0.397 e. The fraction of sp³-hybridized carbons (Fsp3) is 0.417. The predicted octanol–water partition coefficient (Wildman–Crippen LogP) is 2.00. The number of nitrogens with one attached hydrogen (secondary N) is 1. The van der Waals surface area contributed by atoms with Crippen LogP contribution in [0.1, 0.15) is 18.7 Å². The molecule has 16 heavy (non-hydrogen) atoms. The standard InChI is InChI=1S/C12H16N4/c1-14-9-7-11-10(6-8(9)13)15-12-4-2-3-5-16(11)12/h6-7,14H,2-5,13H2,1H3. The second-order valence-corrected chi connectivity index (χ2v) is 4.31. The molecule has 4 heteroatoms. The molecule has 2 aromatic rings. The Morgan fingerprint density at radius 2 is 2.25 bits per heavy atom. The molecule has 0 fully saturated rings. The molecule has 0 saturated heterocycles. The lowest BCUT2D eigenvalue weighted by atomic mass is 10.1. The molecule has 0 saturated carbocycles. The van der Waals surface area contributed by atoms with Crippen LogP contribution in [0.5, 0.6) is 0 Å². The summed E-state index contributed by atoms with van der Waals surface area (Å²) < 4.78 is 2.32. The van der Waals surface area contributed by atoms with Gasteiger partial charge in [0, 0.05) is 20.0 Å². The van der Waals surface area contributed by atoms with Crippen molar-refractivity contribution in [1.82, 2.24) is 9.55 Å². The van der Waals surface area contributed by atoms with E-state index in [1.54, 1.807) is 0 Å². The van der Waals surface area contributed by atoms with E-state index in [9.17, 15) is 0 Å². The molecule has 3 N–H and O–H groups in total. The van der Waals surface area contributed by atoms with E-state index in [2.05, 4.69) is 20.9 Å². The lowest BCUT2D eigenvalue weighted by Crippen LogP contribution is -2.10. The van der Waals surface area contributed by atoms with Crippen LogP contribution in [0.3, 0.4) is 0 Å². The van der Waals surface area contributed by atoms with E-state index in [-0.39, 0.29) is 0 Å². The van der Waals surface area contributed by atoms with Crippen LogP contribution < -0.4 is 11.1 Å². The maximum absolute atomic E-state index is 5.94. The van der Waals surface area contributed by atoms with Gasteiger partial charge in [0.25, 0.3) is 0 Å². The van der Waals surface area contributed by atoms with Gasteiger partial charge in [-0.3, -0.25) is 0 Å². The number of imidazole rings is 1. The lowest BCUT2D eigenvalue weighted by Gasteiger charge is -2.14. The van der Waals surface area contributed by atoms with Crippen LogP contribution in [0.4, 0.5) is 11.4 Å². The van der Waals surface area contributed by atoms with Crippen molar-refractivity contribution in [2.45, 2.75) is 25.8 Å². The van der Waals surface area contributed by atoms with Gasteiger partial charge >= 0.3 is 0 Å². The number of benzene rings is 1. The number of aryl methyl sites for hydroxylation is 2. The molecule has 1 aliphatic heterocycles. The van der Waals surface area contributed by atoms with Crippen molar-refractivity contribution in [3.8, 4) is 0 Å². The van der Waals surface area contributed by atoms with Crippen LogP contribution in [0.15, 0.2) is 12.1 Å². The summed E-state index contributed by atoms with van der Waals surface area (Å²) in [5.74, 6) is 1.20. The Balaban J connectivity index is 2.27. The van der Waals surface area contributed by atoms with Gasteiger partial charge in [-0.25, -0.2) is 4.98 Å². The highest BCUT2D eigenvalue weighted by Gasteiger charge is 2.15. The molecule has 0 unspecified atom stereocenters. The molecule has 0 atom stereocenters. The minimum atomic E-state index is 0.769. The molecule has 0 aliphatic carbocycles. The first-order chi connectivity index (χ1) is 7.79. The van der Waals surface area contributed by atoms with Crippen molar-refractivity contribution in [2.75, 3.05) is 18.1 Å². The first-order valence-electron chi connectivity index (χ1n) is 5.76. The molecule has 1 aromatic carbocycles. The zero-order chi connectivity index (χ0) is 11.1. The summed E-state index contributed by atoms with van der Waals surface area (Å²) in [6, 6.07) is 4.07. The smallest absolute Gasteiger partial charge is 0.109 e. The van der Waals surface area contributed by atoms with Crippen LogP contribution in [0, 0.1) is 0 Å². The highest BCUT2D eigenvalue weighted by atomic mass is 15.1. The summed E-state index contributed by atoms with van der Waals surface area (Å²) in [4.78, 5) is 4.64. The Hall–Kier alpha value is -1.71. The molecule has 1 aromatic heterocycles. The van der Waals surface area contributed by atoms with Crippen molar-refractivity contribution < 1.29 is 0 Å². The molecule has 0 bridgehead atoms. The number of rotatable bonds is 1. The first kappa shape index (κ1) is 9.51. The van der Waals surface area contributed by atoms with E-state index in [1.165, 1.54) is 24.2 Å². The predicted molar refractivity (Wildman–Crippen MR) is 66.6 cm³/mol. The Labute approximate surface area is 94.5 Å². The number of fused-ring (bicyclic) bond motifs is 3. The minimum absolute atomic E-state index is 0.769. The zero-order valence-corrected chi connectivity index (χ0v) is 9.45. The van der Waals surface area contributed by atoms with Crippen LogP contribution in [-0.2, 0) is 13.0 Å². The second kappa shape index (κ2) is 3.40. The van der Waals surface area contributed by atoms with Gasteiger partial charge in [0.05, 0.1) is 22.4 Å². The van der Waals surface area contributed by atoms with Gasteiger partial charge in [0.1, 0.15) is 5.82 Å². The minimum Gasteiger partial charge on any atom is -0.397 e. The number of hydrogen-bond acceptors (Lipinski definition) is 3. The number of nitrogens with two attached hydrogens (primary N) is 1. The maximum Gasteiger partial charge on any atom is 0.109 e. The Bertz CT molecular complexity index is 541. The van der Waals surface area contributed by atoms with Crippen molar-refractivity contribution in [2.24, 2.45) is 0 Å². The maximum atomic E-state index is 5.94. The molecule has 0 amide bonds.